The number of hydrogen-bond acceptors (Lipinski definition) is 3. The first kappa shape index (κ1) is 13.1. The van der Waals surface area contributed by atoms with Crippen LogP contribution in [0.2, 0.25) is 5.02 Å². The van der Waals surface area contributed by atoms with Crippen molar-refractivity contribution in [2.45, 2.75) is 26.0 Å². The third-order valence-electron chi connectivity index (χ3n) is 2.91. The van der Waals surface area contributed by atoms with Gasteiger partial charge in [0.05, 0.1) is 28.2 Å². The molecule has 0 amide bonds. The van der Waals surface area contributed by atoms with Crippen molar-refractivity contribution >= 4 is 28.6 Å². The molecule has 0 radical (unpaired) electrons. The number of rotatable bonds is 3. The molecule has 98 valence electrons. The van der Waals surface area contributed by atoms with Crippen LogP contribution < -0.4 is 5.73 Å². The number of ether oxygens (including phenoxy) is 1. The number of halogens is 2. The number of fused-ring (bicyclic) bond motifs is 1. The molecule has 4 nitrogen and oxygen atoms in total. The van der Waals surface area contributed by atoms with E-state index in [1.54, 1.807) is 11.7 Å². The van der Waals surface area contributed by atoms with Gasteiger partial charge in [-0.1, -0.05) is 11.6 Å². The van der Waals surface area contributed by atoms with Gasteiger partial charge in [-0.15, -0.1) is 0 Å². The SMILES string of the molecule is COC(C)(C)Cn1c(N)nc2cc(F)c(Cl)cc21. The van der Waals surface area contributed by atoms with Crippen molar-refractivity contribution < 1.29 is 9.13 Å². The van der Waals surface area contributed by atoms with Crippen molar-refractivity contribution in [2.24, 2.45) is 0 Å². The van der Waals surface area contributed by atoms with Gasteiger partial charge in [0.25, 0.3) is 0 Å². The highest BCUT2D eigenvalue weighted by atomic mass is 35.5. The van der Waals surface area contributed by atoms with Crippen LogP contribution in [0.5, 0.6) is 0 Å². The summed E-state index contributed by atoms with van der Waals surface area (Å²) in [4.78, 5) is 4.12. The third-order valence-corrected chi connectivity index (χ3v) is 3.20. The maximum absolute atomic E-state index is 13.3. The quantitative estimate of drug-likeness (QED) is 0.934. The molecule has 2 N–H and O–H groups in total. The topological polar surface area (TPSA) is 53.1 Å². The van der Waals surface area contributed by atoms with E-state index < -0.39 is 11.4 Å². The Morgan fingerprint density at radius 3 is 2.78 bits per heavy atom. The Bertz CT molecular complexity index is 595. The van der Waals surface area contributed by atoms with Crippen molar-refractivity contribution in [3.63, 3.8) is 0 Å². The van der Waals surface area contributed by atoms with Crippen LogP contribution >= 0.6 is 11.6 Å². The third kappa shape index (κ3) is 2.28. The summed E-state index contributed by atoms with van der Waals surface area (Å²) in [6.07, 6.45) is 0. The zero-order valence-electron chi connectivity index (χ0n) is 10.5. The zero-order valence-corrected chi connectivity index (χ0v) is 11.3. The number of aromatic nitrogens is 2. The number of hydrogen-bond donors (Lipinski definition) is 1. The lowest BCUT2D eigenvalue weighted by atomic mass is 10.1. The lowest BCUT2D eigenvalue weighted by molar-refractivity contribution is 0.00947. The Kier molecular flexibility index (Phi) is 3.21. The average molecular weight is 272 g/mol. The average Bonchev–Trinajstić information content (AvgIpc) is 2.57. The lowest BCUT2D eigenvalue weighted by Gasteiger charge is -2.24. The van der Waals surface area contributed by atoms with E-state index in [0.717, 1.165) is 0 Å². The highest BCUT2D eigenvalue weighted by Gasteiger charge is 2.21. The molecule has 1 aromatic heterocycles. The summed E-state index contributed by atoms with van der Waals surface area (Å²) in [5, 5.41) is 0.0545. The molecule has 0 unspecified atom stereocenters. The van der Waals surface area contributed by atoms with Gasteiger partial charge in [0.1, 0.15) is 5.82 Å². The van der Waals surface area contributed by atoms with Gasteiger partial charge in [-0.2, -0.15) is 0 Å². The second-order valence-corrected chi connectivity index (χ2v) is 5.18. The van der Waals surface area contributed by atoms with E-state index in [-0.39, 0.29) is 5.02 Å². The van der Waals surface area contributed by atoms with E-state index in [1.165, 1.54) is 12.1 Å². The summed E-state index contributed by atoms with van der Waals surface area (Å²) in [5.41, 5.74) is 6.63. The minimum Gasteiger partial charge on any atom is -0.377 e. The molecule has 0 aliphatic carbocycles. The van der Waals surface area contributed by atoms with Crippen LogP contribution in [0.4, 0.5) is 10.3 Å². The lowest BCUT2D eigenvalue weighted by Crippen LogP contribution is -2.29. The van der Waals surface area contributed by atoms with Crippen LogP contribution in [-0.2, 0) is 11.3 Å². The molecule has 2 rings (SSSR count). The first-order chi connectivity index (χ1) is 8.34. The summed E-state index contributed by atoms with van der Waals surface area (Å²) < 4.78 is 20.5. The van der Waals surface area contributed by atoms with Gasteiger partial charge < -0.3 is 15.0 Å². The first-order valence-electron chi connectivity index (χ1n) is 5.50. The molecule has 1 heterocycles. The van der Waals surface area contributed by atoms with E-state index in [4.69, 9.17) is 22.1 Å². The number of benzene rings is 1. The minimum absolute atomic E-state index is 0.0545. The van der Waals surface area contributed by atoms with Crippen molar-refractivity contribution in [3.8, 4) is 0 Å². The molecule has 0 spiro atoms. The van der Waals surface area contributed by atoms with E-state index in [9.17, 15) is 4.39 Å². The molecule has 1 aromatic carbocycles. The Hall–Kier alpha value is -1.33. The Labute approximate surface area is 109 Å². The monoisotopic (exact) mass is 271 g/mol. The Balaban J connectivity index is 2.57. The molecule has 0 fully saturated rings. The fourth-order valence-electron chi connectivity index (χ4n) is 1.75. The molecule has 0 saturated heterocycles. The summed E-state index contributed by atoms with van der Waals surface area (Å²) in [5.74, 6) is -0.184. The molecule has 0 aliphatic heterocycles. The van der Waals surface area contributed by atoms with Crippen molar-refractivity contribution in [2.75, 3.05) is 12.8 Å². The smallest absolute Gasteiger partial charge is 0.201 e. The normalized spacial score (nSPS) is 12.3. The highest BCUT2D eigenvalue weighted by Crippen LogP contribution is 2.26. The predicted octanol–water partition coefficient (Wildman–Crippen LogP) is 2.84. The number of nitrogens with zero attached hydrogens (tertiary/aromatic N) is 2. The number of anilines is 1. The van der Waals surface area contributed by atoms with Crippen LogP contribution in [-0.4, -0.2) is 22.3 Å². The van der Waals surface area contributed by atoms with Crippen molar-refractivity contribution in [1.82, 2.24) is 9.55 Å². The molecule has 2 aromatic rings. The molecular formula is C12H15ClFN3O. The predicted molar refractivity (Wildman–Crippen MR) is 70.2 cm³/mol. The van der Waals surface area contributed by atoms with Crippen LogP contribution in [0.1, 0.15) is 13.8 Å². The van der Waals surface area contributed by atoms with E-state index >= 15 is 0 Å². The highest BCUT2D eigenvalue weighted by molar-refractivity contribution is 6.31. The Morgan fingerprint density at radius 1 is 1.50 bits per heavy atom. The van der Waals surface area contributed by atoms with Gasteiger partial charge in [-0.25, -0.2) is 9.37 Å². The number of methoxy groups -OCH3 is 1. The van der Waals surface area contributed by atoms with E-state index in [1.807, 2.05) is 13.8 Å². The molecular weight excluding hydrogens is 257 g/mol. The molecule has 18 heavy (non-hydrogen) atoms. The van der Waals surface area contributed by atoms with Crippen LogP contribution in [0.3, 0.4) is 0 Å². The van der Waals surface area contributed by atoms with Crippen molar-refractivity contribution in [3.05, 3.63) is 23.0 Å². The molecule has 0 aliphatic rings. The van der Waals surface area contributed by atoms with Gasteiger partial charge in [-0.3, -0.25) is 0 Å². The number of nitrogen functional groups attached to an aromatic ring is 1. The van der Waals surface area contributed by atoms with Gasteiger partial charge in [0.15, 0.2) is 0 Å². The summed E-state index contributed by atoms with van der Waals surface area (Å²) >= 11 is 5.79. The maximum Gasteiger partial charge on any atom is 0.201 e. The number of nitrogens with two attached hydrogens (primary N) is 1. The molecule has 0 bridgehead atoms. The number of imidazole rings is 1. The van der Waals surface area contributed by atoms with Crippen LogP contribution in [0.25, 0.3) is 11.0 Å². The zero-order chi connectivity index (χ0) is 13.5. The second-order valence-electron chi connectivity index (χ2n) is 4.77. The minimum atomic E-state index is -0.500. The maximum atomic E-state index is 13.3. The second kappa shape index (κ2) is 4.40. The van der Waals surface area contributed by atoms with Gasteiger partial charge >= 0.3 is 0 Å². The van der Waals surface area contributed by atoms with Gasteiger partial charge in [-0.05, 0) is 19.9 Å². The Morgan fingerprint density at radius 2 is 2.17 bits per heavy atom. The molecule has 0 atom stereocenters. The molecule has 0 saturated carbocycles. The standard InChI is InChI=1S/C12H15ClFN3O/c1-12(2,18-3)6-17-10-4-7(13)8(14)5-9(10)16-11(17)15/h4-5H,6H2,1-3H3,(H2,15,16). The van der Waals surface area contributed by atoms with Gasteiger partial charge in [0.2, 0.25) is 5.95 Å². The first-order valence-corrected chi connectivity index (χ1v) is 5.88. The summed E-state index contributed by atoms with van der Waals surface area (Å²) in [6.45, 7) is 4.38. The van der Waals surface area contributed by atoms with Crippen molar-refractivity contribution in [1.29, 1.82) is 0 Å². The van der Waals surface area contributed by atoms with E-state index in [2.05, 4.69) is 4.98 Å². The van der Waals surface area contributed by atoms with E-state index in [0.29, 0.717) is 23.5 Å². The van der Waals surface area contributed by atoms with Crippen LogP contribution in [0, 0.1) is 5.82 Å². The fourth-order valence-corrected chi connectivity index (χ4v) is 1.91. The largest absolute Gasteiger partial charge is 0.377 e. The molecule has 6 heteroatoms. The summed E-state index contributed by atoms with van der Waals surface area (Å²) in [7, 11) is 1.63. The fraction of sp³-hybridized carbons (Fsp3) is 0.417. The summed E-state index contributed by atoms with van der Waals surface area (Å²) in [6, 6.07) is 2.81. The van der Waals surface area contributed by atoms with Crippen LogP contribution in [0.15, 0.2) is 12.1 Å². The van der Waals surface area contributed by atoms with Gasteiger partial charge in [0, 0.05) is 13.2 Å².